The second kappa shape index (κ2) is 4.85. The van der Waals surface area contributed by atoms with Crippen molar-refractivity contribution in [2.75, 3.05) is 25.1 Å². The number of carbonyl (C=O) groups is 1. The zero-order chi connectivity index (χ0) is 12.3. The molecule has 1 aromatic heterocycles. The zero-order valence-electron chi connectivity index (χ0n) is 9.86. The van der Waals surface area contributed by atoms with Gasteiger partial charge in [0.15, 0.2) is 5.82 Å². The van der Waals surface area contributed by atoms with Gasteiger partial charge < -0.3 is 20.3 Å². The fourth-order valence-electron chi connectivity index (χ4n) is 1.96. The third-order valence-corrected chi connectivity index (χ3v) is 3.19. The fourth-order valence-corrected chi connectivity index (χ4v) is 1.96. The smallest absolute Gasteiger partial charge is 0.233 e. The van der Waals surface area contributed by atoms with Gasteiger partial charge in [0.05, 0.1) is 5.41 Å². The minimum atomic E-state index is -0.537. The number of hydrogen-bond donors (Lipinski definition) is 2. The van der Waals surface area contributed by atoms with Gasteiger partial charge in [0.1, 0.15) is 5.76 Å². The monoisotopic (exact) mass is 239 g/mol. The molecule has 2 rings (SSSR count). The second-order valence-corrected chi connectivity index (χ2v) is 4.37. The van der Waals surface area contributed by atoms with Crippen molar-refractivity contribution in [1.29, 1.82) is 0 Å². The van der Waals surface area contributed by atoms with E-state index in [1.54, 1.807) is 13.0 Å². The van der Waals surface area contributed by atoms with Crippen LogP contribution in [0.15, 0.2) is 10.6 Å². The number of rotatable bonds is 3. The third-order valence-electron chi connectivity index (χ3n) is 3.19. The Morgan fingerprint density at radius 3 is 2.82 bits per heavy atom. The van der Waals surface area contributed by atoms with E-state index in [0.29, 0.717) is 44.2 Å². The maximum atomic E-state index is 12.2. The molecule has 1 aliphatic heterocycles. The van der Waals surface area contributed by atoms with Gasteiger partial charge in [-0.25, -0.2) is 0 Å². The van der Waals surface area contributed by atoms with Crippen LogP contribution in [0.1, 0.15) is 18.6 Å². The van der Waals surface area contributed by atoms with Gasteiger partial charge in [0, 0.05) is 25.8 Å². The molecule has 0 spiro atoms. The number of nitrogens with two attached hydrogens (primary N) is 1. The Hall–Kier alpha value is -1.40. The number of nitrogens with one attached hydrogen (secondary N) is 1. The van der Waals surface area contributed by atoms with E-state index < -0.39 is 5.41 Å². The molecule has 1 amide bonds. The van der Waals surface area contributed by atoms with Crippen LogP contribution in [0.4, 0.5) is 5.82 Å². The van der Waals surface area contributed by atoms with Crippen molar-refractivity contribution >= 4 is 11.7 Å². The topological polar surface area (TPSA) is 90.4 Å². The predicted octanol–water partition coefficient (Wildman–Crippen LogP) is 0.677. The summed E-state index contributed by atoms with van der Waals surface area (Å²) >= 11 is 0. The van der Waals surface area contributed by atoms with Gasteiger partial charge >= 0.3 is 0 Å². The van der Waals surface area contributed by atoms with Gasteiger partial charge in [-0.3, -0.25) is 4.79 Å². The van der Waals surface area contributed by atoms with E-state index in [0.717, 1.165) is 0 Å². The maximum Gasteiger partial charge on any atom is 0.233 e. The summed E-state index contributed by atoms with van der Waals surface area (Å²) in [5, 5.41) is 6.48. The first-order valence-electron chi connectivity index (χ1n) is 5.69. The number of amides is 1. The van der Waals surface area contributed by atoms with E-state index in [1.165, 1.54) is 0 Å². The van der Waals surface area contributed by atoms with Crippen molar-refractivity contribution in [2.24, 2.45) is 11.1 Å². The number of hydrogen-bond acceptors (Lipinski definition) is 5. The second-order valence-electron chi connectivity index (χ2n) is 4.37. The molecule has 1 aliphatic rings. The number of nitrogens with zero attached hydrogens (tertiary/aromatic N) is 1. The number of carbonyl (C=O) groups excluding carboxylic acids is 1. The first-order chi connectivity index (χ1) is 8.16. The quantitative estimate of drug-likeness (QED) is 0.809. The highest BCUT2D eigenvalue weighted by atomic mass is 16.5. The number of anilines is 1. The van der Waals surface area contributed by atoms with Crippen LogP contribution in [-0.2, 0) is 9.53 Å². The van der Waals surface area contributed by atoms with Crippen LogP contribution in [0.2, 0.25) is 0 Å². The van der Waals surface area contributed by atoms with Crippen molar-refractivity contribution in [1.82, 2.24) is 5.16 Å². The molecule has 1 aromatic rings. The van der Waals surface area contributed by atoms with Gasteiger partial charge in [-0.1, -0.05) is 5.16 Å². The van der Waals surface area contributed by atoms with E-state index >= 15 is 0 Å². The van der Waals surface area contributed by atoms with Crippen molar-refractivity contribution in [3.05, 3.63) is 11.8 Å². The van der Waals surface area contributed by atoms with Gasteiger partial charge in [-0.05, 0) is 19.8 Å². The van der Waals surface area contributed by atoms with E-state index in [2.05, 4.69) is 10.5 Å². The van der Waals surface area contributed by atoms with Crippen molar-refractivity contribution in [3.63, 3.8) is 0 Å². The van der Waals surface area contributed by atoms with Crippen LogP contribution >= 0.6 is 0 Å². The van der Waals surface area contributed by atoms with Crippen LogP contribution < -0.4 is 11.1 Å². The Balaban J connectivity index is 2.07. The molecule has 3 N–H and O–H groups in total. The Morgan fingerprint density at radius 1 is 1.59 bits per heavy atom. The molecule has 6 heteroatoms. The van der Waals surface area contributed by atoms with Crippen LogP contribution in [0.5, 0.6) is 0 Å². The maximum absolute atomic E-state index is 12.2. The molecule has 1 saturated heterocycles. The number of aromatic nitrogens is 1. The highest BCUT2D eigenvalue weighted by Crippen LogP contribution is 2.30. The molecule has 0 aliphatic carbocycles. The van der Waals surface area contributed by atoms with Crippen LogP contribution in [0.25, 0.3) is 0 Å². The lowest BCUT2D eigenvalue weighted by Crippen LogP contribution is -2.46. The zero-order valence-corrected chi connectivity index (χ0v) is 9.86. The average Bonchev–Trinajstić information content (AvgIpc) is 2.75. The summed E-state index contributed by atoms with van der Waals surface area (Å²) in [5.74, 6) is 0.998. The fraction of sp³-hybridized carbons (Fsp3) is 0.636. The van der Waals surface area contributed by atoms with Gasteiger partial charge in [0.2, 0.25) is 5.91 Å². The largest absolute Gasteiger partial charge is 0.381 e. The molecule has 0 unspecified atom stereocenters. The average molecular weight is 239 g/mol. The van der Waals surface area contributed by atoms with Gasteiger partial charge in [-0.15, -0.1) is 0 Å². The first-order valence-corrected chi connectivity index (χ1v) is 5.69. The molecular weight excluding hydrogens is 222 g/mol. The van der Waals surface area contributed by atoms with Gasteiger partial charge in [0.25, 0.3) is 0 Å². The summed E-state index contributed by atoms with van der Waals surface area (Å²) in [6, 6.07) is 1.68. The summed E-state index contributed by atoms with van der Waals surface area (Å²) in [4.78, 5) is 12.2. The van der Waals surface area contributed by atoms with E-state index in [4.69, 9.17) is 15.0 Å². The first kappa shape index (κ1) is 12.1. The van der Waals surface area contributed by atoms with E-state index in [-0.39, 0.29) is 5.91 Å². The molecule has 0 radical (unpaired) electrons. The normalized spacial score (nSPS) is 18.9. The van der Waals surface area contributed by atoms with Crippen LogP contribution in [0.3, 0.4) is 0 Å². The third kappa shape index (κ3) is 2.48. The molecule has 2 heterocycles. The molecule has 6 nitrogen and oxygen atoms in total. The minimum absolute atomic E-state index is 0.100. The SMILES string of the molecule is Cc1cc(NC(=O)C2(CN)CCOCC2)no1. The summed E-state index contributed by atoms with van der Waals surface area (Å²) in [5.41, 5.74) is 5.20. The Kier molecular flexibility index (Phi) is 3.44. The minimum Gasteiger partial charge on any atom is -0.381 e. The molecule has 0 atom stereocenters. The molecule has 0 bridgehead atoms. The molecule has 0 saturated carbocycles. The summed E-state index contributed by atoms with van der Waals surface area (Å²) in [6.07, 6.45) is 1.29. The highest BCUT2D eigenvalue weighted by molar-refractivity contribution is 5.94. The lowest BCUT2D eigenvalue weighted by atomic mass is 9.79. The Bertz CT molecular complexity index is 396. The van der Waals surface area contributed by atoms with Crippen molar-refractivity contribution in [3.8, 4) is 0 Å². The lowest BCUT2D eigenvalue weighted by molar-refractivity contribution is -0.130. The summed E-state index contributed by atoms with van der Waals surface area (Å²) in [7, 11) is 0. The van der Waals surface area contributed by atoms with Gasteiger partial charge in [-0.2, -0.15) is 0 Å². The Morgan fingerprint density at radius 2 is 2.29 bits per heavy atom. The van der Waals surface area contributed by atoms with E-state index in [9.17, 15) is 4.79 Å². The molecule has 0 aromatic carbocycles. The van der Waals surface area contributed by atoms with Crippen molar-refractivity contribution in [2.45, 2.75) is 19.8 Å². The van der Waals surface area contributed by atoms with E-state index in [1.807, 2.05) is 0 Å². The molecule has 1 fully saturated rings. The lowest BCUT2D eigenvalue weighted by Gasteiger charge is -2.34. The summed E-state index contributed by atoms with van der Waals surface area (Å²) < 4.78 is 10.2. The highest BCUT2D eigenvalue weighted by Gasteiger charge is 2.39. The molecule has 94 valence electrons. The van der Waals surface area contributed by atoms with Crippen LogP contribution in [0, 0.1) is 12.3 Å². The van der Waals surface area contributed by atoms with Crippen molar-refractivity contribution < 1.29 is 14.1 Å². The standard InChI is InChI=1S/C11H17N3O3/c1-8-6-9(14-17-8)13-10(15)11(7-12)2-4-16-5-3-11/h6H,2-5,7,12H2,1H3,(H,13,14,15). The Labute approximate surface area is 99.5 Å². The summed E-state index contributed by atoms with van der Waals surface area (Å²) in [6.45, 7) is 3.24. The molecular formula is C11H17N3O3. The van der Waals surface area contributed by atoms with Crippen LogP contribution in [-0.4, -0.2) is 30.8 Å². The number of aryl methyl sites for hydroxylation is 1. The number of ether oxygens (including phenoxy) is 1. The predicted molar refractivity (Wildman–Crippen MR) is 61.4 cm³/mol. The molecule has 17 heavy (non-hydrogen) atoms.